The topological polar surface area (TPSA) is 20.2 Å². The number of nitrogens with zero attached hydrogens (tertiary/aromatic N) is 2. The first-order valence-electron chi connectivity index (χ1n) is 15.7. The van der Waals surface area contributed by atoms with Crippen molar-refractivity contribution in [3.05, 3.63) is 149 Å². The molecule has 3 unspecified atom stereocenters. The Morgan fingerprint density at radius 1 is 0.814 bits per heavy atom. The summed E-state index contributed by atoms with van der Waals surface area (Å²) in [6, 6.07) is 35.9. The Morgan fingerprint density at radius 3 is 2.44 bits per heavy atom. The van der Waals surface area contributed by atoms with Crippen molar-refractivity contribution < 1.29 is 0 Å². The van der Waals surface area contributed by atoms with Gasteiger partial charge in [0.1, 0.15) is 0 Å². The SMILES string of the molecule is CCc1ccccc1NC(C)N1c2ccccc2C2c3c(n(-c4ccccc4C4=CCCC=C4)c4ccccc34)C=CC21. The van der Waals surface area contributed by atoms with Gasteiger partial charge in [0.2, 0.25) is 0 Å². The van der Waals surface area contributed by atoms with Gasteiger partial charge in [0.25, 0.3) is 0 Å². The first-order chi connectivity index (χ1) is 21.2. The molecule has 2 heterocycles. The van der Waals surface area contributed by atoms with Crippen molar-refractivity contribution in [3.63, 3.8) is 0 Å². The molecule has 8 rings (SSSR count). The maximum atomic E-state index is 3.89. The number of benzene rings is 4. The Kier molecular flexibility index (Phi) is 6.33. The van der Waals surface area contributed by atoms with Gasteiger partial charge in [-0.25, -0.2) is 0 Å². The second-order valence-corrected chi connectivity index (χ2v) is 11.9. The third-order valence-electron chi connectivity index (χ3n) is 9.56. The molecular weight excluding hydrogens is 522 g/mol. The first kappa shape index (κ1) is 25.9. The maximum absolute atomic E-state index is 3.89. The summed E-state index contributed by atoms with van der Waals surface area (Å²) < 4.78 is 2.51. The highest BCUT2D eigenvalue weighted by molar-refractivity contribution is 5.95. The fourth-order valence-corrected chi connectivity index (χ4v) is 7.70. The average Bonchev–Trinajstić information content (AvgIpc) is 3.58. The third kappa shape index (κ3) is 4.10. The summed E-state index contributed by atoms with van der Waals surface area (Å²) in [4.78, 5) is 2.60. The van der Waals surface area contributed by atoms with Crippen LogP contribution in [0, 0.1) is 0 Å². The molecule has 3 atom stereocenters. The Hall–Kier alpha value is -4.76. The summed E-state index contributed by atoms with van der Waals surface area (Å²) in [7, 11) is 0. The highest BCUT2D eigenvalue weighted by atomic mass is 15.3. The summed E-state index contributed by atoms with van der Waals surface area (Å²) in [5, 5.41) is 5.23. The summed E-state index contributed by atoms with van der Waals surface area (Å²) >= 11 is 0. The van der Waals surface area contributed by atoms with Crippen molar-refractivity contribution in [2.24, 2.45) is 0 Å². The van der Waals surface area contributed by atoms with Crippen LogP contribution in [0.25, 0.3) is 28.2 Å². The summed E-state index contributed by atoms with van der Waals surface area (Å²) in [6.07, 6.45) is 15.2. The lowest BCUT2D eigenvalue weighted by molar-refractivity contribution is 0.610. The molecule has 2 aliphatic carbocycles. The van der Waals surface area contributed by atoms with Gasteiger partial charge in [0.05, 0.1) is 29.1 Å². The van der Waals surface area contributed by atoms with Crippen LogP contribution < -0.4 is 10.2 Å². The zero-order valence-corrected chi connectivity index (χ0v) is 24.9. The van der Waals surface area contributed by atoms with E-state index in [0.717, 1.165) is 19.3 Å². The van der Waals surface area contributed by atoms with Crippen molar-refractivity contribution in [2.45, 2.75) is 51.2 Å². The zero-order valence-electron chi connectivity index (χ0n) is 24.9. The van der Waals surface area contributed by atoms with E-state index < -0.39 is 0 Å². The van der Waals surface area contributed by atoms with Gasteiger partial charge in [-0.05, 0) is 78.8 Å². The molecule has 0 spiro atoms. The van der Waals surface area contributed by atoms with E-state index in [1.54, 1.807) is 0 Å². The van der Waals surface area contributed by atoms with E-state index in [1.807, 2.05) is 0 Å². The van der Waals surface area contributed by atoms with Crippen LogP contribution in [-0.2, 0) is 6.42 Å². The van der Waals surface area contributed by atoms with E-state index >= 15 is 0 Å². The van der Waals surface area contributed by atoms with Gasteiger partial charge in [-0.15, -0.1) is 0 Å². The fraction of sp³-hybridized carbons (Fsp3) is 0.200. The van der Waals surface area contributed by atoms with Gasteiger partial charge >= 0.3 is 0 Å². The Morgan fingerprint density at radius 2 is 1.58 bits per heavy atom. The number of aryl methyl sites for hydroxylation is 1. The predicted molar refractivity (Wildman–Crippen MR) is 182 cm³/mol. The van der Waals surface area contributed by atoms with Gasteiger partial charge in [-0.1, -0.05) is 104 Å². The van der Waals surface area contributed by atoms with E-state index in [0.29, 0.717) is 0 Å². The molecule has 212 valence electrons. The summed E-state index contributed by atoms with van der Waals surface area (Å²) in [5.41, 5.74) is 13.1. The minimum Gasteiger partial charge on any atom is -0.365 e. The predicted octanol–water partition coefficient (Wildman–Crippen LogP) is 9.73. The lowest BCUT2D eigenvalue weighted by Gasteiger charge is -2.36. The van der Waals surface area contributed by atoms with Crippen LogP contribution in [0.4, 0.5) is 11.4 Å². The zero-order chi connectivity index (χ0) is 28.9. The van der Waals surface area contributed by atoms with E-state index in [1.165, 1.54) is 61.5 Å². The van der Waals surface area contributed by atoms with Crippen molar-refractivity contribution in [2.75, 3.05) is 10.2 Å². The molecule has 0 radical (unpaired) electrons. The second kappa shape index (κ2) is 10.5. The molecule has 0 fully saturated rings. The van der Waals surface area contributed by atoms with Gasteiger partial charge in [-0.3, -0.25) is 0 Å². The first-order valence-corrected chi connectivity index (χ1v) is 15.7. The lowest BCUT2D eigenvalue weighted by atomic mass is 9.82. The molecule has 3 nitrogen and oxygen atoms in total. The van der Waals surface area contributed by atoms with Crippen LogP contribution >= 0.6 is 0 Å². The minimum absolute atomic E-state index is 0.120. The normalized spacial score (nSPS) is 19.1. The molecule has 1 N–H and O–H groups in total. The monoisotopic (exact) mass is 559 g/mol. The molecule has 1 aliphatic heterocycles. The smallest absolute Gasteiger partial charge is 0.0967 e. The van der Waals surface area contributed by atoms with Crippen LogP contribution in [-0.4, -0.2) is 16.8 Å². The lowest BCUT2D eigenvalue weighted by Crippen LogP contribution is -2.44. The van der Waals surface area contributed by atoms with E-state index in [9.17, 15) is 0 Å². The Bertz CT molecular complexity index is 1940. The molecular formula is C40H37N3. The van der Waals surface area contributed by atoms with Crippen LogP contribution in [0.3, 0.4) is 0 Å². The highest BCUT2D eigenvalue weighted by Crippen LogP contribution is 2.52. The molecule has 5 aromatic rings. The number of allylic oxidation sites excluding steroid dienone is 4. The van der Waals surface area contributed by atoms with E-state index in [-0.39, 0.29) is 18.1 Å². The molecule has 0 saturated heterocycles. The largest absolute Gasteiger partial charge is 0.365 e. The van der Waals surface area contributed by atoms with Gasteiger partial charge in [0.15, 0.2) is 0 Å². The molecule has 1 aromatic heterocycles. The van der Waals surface area contributed by atoms with E-state index in [4.69, 9.17) is 0 Å². The summed E-state index contributed by atoms with van der Waals surface area (Å²) in [5.74, 6) is 0.244. The Balaban J connectivity index is 1.29. The van der Waals surface area contributed by atoms with Crippen LogP contribution in [0.2, 0.25) is 0 Å². The van der Waals surface area contributed by atoms with Crippen molar-refractivity contribution in [1.82, 2.24) is 4.57 Å². The maximum Gasteiger partial charge on any atom is 0.0967 e. The van der Waals surface area contributed by atoms with Gasteiger partial charge in [0, 0.05) is 28.2 Å². The van der Waals surface area contributed by atoms with Crippen LogP contribution in [0.1, 0.15) is 60.6 Å². The quantitative estimate of drug-likeness (QED) is 0.223. The second-order valence-electron chi connectivity index (χ2n) is 11.9. The number of hydrogen-bond acceptors (Lipinski definition) is 2. The average molecular weight is 560 g/mol. The Labute approximate surface area is 254 Å². The van der Waals surface area contributed by atoms with Crippen molar-refractivity contribution >= 4 is 33.9 Å². The fourth-order valence-electron chi connectivity index (χ4n) is 7.70. The van der Waals surface area contributed by atoms with Crippen molar-refractivity contribution in [3.8, 4) is 5.69 Å². The molecule has 43 heavy (non-hydrogen) atoms. The number of fused-ring (bicyclic) bond motifs is 7. The standard InChI is InChI=1S/C40H37N3/c1-3-28-15-7-11-21-33(28)41-27(2)42-35-23-13-9-19-31(35)39-37(42)25-26-38-40(39)32-20-10-14-24-36(32)43(38)34-22-12-8-18-30(34)29-16-5-4-6-17-29/h5,7-27,37,39,41H,3-4,6H2,1-2H3. The molecule has 4 aromatic carbocycles. The molecule has 3 heteroatoms. The van der Waals surface area contributed by atoms with Crippen LogP contribution in [0.5, 0.6) is 0 Å². The van der Waals surface area contributed by atoms with Gasteiger partial charge in [-0.2, -0.15) is 0 Å². The number of anilines is 2. The number of para-hydroxylation sites is 4. The number of nitrogens with one attached hydrogen (secondary N) is 1. The highest BCUT2D eigenvalue weighted by Gasteiger charge is 2.44. The third-order valence-corrected chi connectivity index (χ3v) is 9.56. The van der Waals surface area contributed by atoms with Gasteiger partial charge < -0.3 is 14.8 Å². The van der Waals surface area contributed by atoms with E-state index in [2.05, 4.69) is 156 Å². The number of aromatic nitrogens is 1. The molecule has 0 amide bonds. The molecule has 0 saturated carbocycles. The minimum atomic E-state index is 0.120. The number of rotatable bonds is 6. The molecule has 3 aliphatic rings. The summed E-state index contributed by atoms with van der Waals surface area (Å²) in [6.45, 7) is 4.53. The molecule has 0 bridgehead atoms. The number of hydrogen-bond donors (Lipinski definition) is 1. The van der Waals surface area contributed by atoms with Crippen molar-refractivity contribution in [1.29, 1.82) is 0 Å². The van der Waals surface area contributed by atoms with Crippen LogP contribution in [0.15, 0.2) is 121 Å².